The number of hydrogen-bond acceptors (Lipinski definition) is 4. The molecule has 0 aliphatic carbocycles. The van der Waals surface area contributed by atoms with E-state index >= 15 is 0 Å². The number of hydrogen-bond donors (Lipinski definition) is 3. The first-order chi connectivity index (χ1) is 22.1. The summed E-state index contributed by atoms with van der Waals surface area (Å²) < 4.78 is 52.8. The zero-order valence-electron chi connectivity index (χ0n) is 24.6. The Morgan fingerprint density at radius 3 is 2.20 bits per heavy atom. The van der Waals surface area contributed by atoms with Crippen LogP contribution in [0.5, 0.6) is 0 Å². The number of halogens is 4. The number of nitrogens with one attached hydrogen (secondary N) is 3. The van der Waals surface area contributed by atoms with E-state index in [1.165, 1.54) is 29.2 Å². The Morgan fingerprint density at radius 2 is 1.46 bits per heavy atom. The van der Waals surface area contributed by atoms with Gasteiger partial charge in [0.05, 0.1) is 11.1 Å². The smallest absolute Gasteiger partial charge is 0.369 e. The molecule has 12 heteroatoms. The Labute approximate surface area is 263 Å². The highest BCUT2D eigenvalue weighted by Crippen LogP contribution is 2.31. The second kappa shape index (κ2) is 14.1. The second-order valence-corrected chi connectivity index (χ2v) is 10.7. The van der Waals surface area contributed by atoms with Gasteiger partial charge in [-0.15, -0.1) is 0 Å². The summed E-state index contributed by atoms with van der Waals surface area (Å²) in [5.74, 6) is -1.15. The van der Waals surface area contributed by atoms with Crippen molar-refractivity contribution in [2.75, 3.05) is 41.7 Å². The molecule has 46 heavy (non-hydrogen) atoms. The van der Waals surface area contributed by atoms with Gasteiger partial charge in [-0.05, 0) is 72.6 Å². The summed E-state index contributed by atoms with van der Waals surface area (Å²) >= 11 is 0. The van der Waals surface area contributed by atoms with E-state index in [4.69, 9.17) is 0 Å². The lowest BCUT2D eigenvalue weighted by Crippen LogP contribution is -2.38. The van der Waals surface area contributed by atoms with Gasteiger partial charge in [0.2, 0.25) is 0 Å². The number of anilines is 3. The first-order valence-electron chi connectivity index (χ1n) is 14.6. The van der Waals surface area contributed by atoms with Gasteiger partial charge in [-0.25, -0.2) is 9.18 Å². The predicted molar refractivity (Wildman–Crippen MR) is 167 cm³/mol. The van der Waals surface area contributed by atoms with Crippen LogP contribution in [0.2, 0.25) is 0 Å². The van der Waals surface area contributed by atoms with Crippen LogP contribution in [-0.4, -0.2) is 48.9 Å². The Morgan fingerprint density at radius 1 is 0.717 bits per heavy atom. The number of nitrogens with zero attached hydrogens (tertiary/aromatic N) is 2. The molecule has 4 aromatic carbocycles. The van der Waals surface area contributed by atoms with Gasteiger partial charge in [0.25, 0.3) is 11.8 Å². The van der Waals surface area contributed by atoms with E-state index in [1.807, 2.05) is 4.90 Å². The molecule has 0 radical (unpaired) electrons. The van der Waals surface area contributed by atoms with Crippen LogP contribution in [0.15, 0.2) is 97.1 Å². The molecule has 4 aromatic rings. The predicted octanol–water partition coefficient (Wildman–Crippen LogP) is 6.77. The van der Waals surface area contributed by atoms with Crippen LogP contribution in [0.1, 0.15) is 38.3 Å². The summed E-state index contributed by atoms with van der Waals surface area (Å²) in [4.78, 5) is 42.8. The molecule has 1 heterocycles. The lowest BCUT2D eigenvalue weighted by molar-refractivity contribution is -0.137. The second-order valence-electron chi connectivity index (χ2n) is 10.7. The molecule has 1 aliphatic heterocycles. The fourth-order valence-electron chi connectivity index (χ4n) is 5.08. The third kappa shape index (κ3) is 8.20. The zero-order valence-corrected chi connectivity index (χ0v) is 24.6. The number of urea groups is 1. The van der Waals surface area contributed by atoms with Crippen LogP contribution in [0, 0.1) is 5.82 Å². The molecule has 1 fully saturated rings. The highest BCUT2D eigenvalue weighted by Gasteiger charge is 2.31. The van der Waals surface area contributed by atoms with Crippen LogP contribution >= 0.6 is 0 Å². The van der Waals surface area contributed by atoms with E-state index in [9.17, 15) is 31.9 Å². The van der Waals surface area contributed by atoms with Crippen LogP contribution in [0.4, 0.5) is 39.4 Å². The molecular weight excluding hydrogens is 602 g/mol. The molecule has 4 amide bonds. The quantitative estimate of drug-likeness (QED) is 0.196. The number of alkyl halides is 3. The van der Waals surface area contributed by atoms with Crippen LogP contribution in [-0.2, 0) is 12.7 Å². The van der Waals surface area contributed by atoms with Crippen molar-refractivity contribution in [2.45, 2.75) is 19.1 Å². The van der Waals surface area contributed by atoms with Gasteiger partial charge in [-0.3, -0.25) is 9.59 Å². The number of carbonyl (C=O) groups is 3. The molecule has 0 aromatic heterocycles. The molecule has 1 aliphatic rings. The van der Waals surface area contributed by atoms with Crippen molar-refractivity contribution in [3.8, 4) is 0 Å². The lowest BCUT2D eigenvalue weighted by Gasteiger charge is -2.26. The van der Waals surface area contributed by atoms with Gasteiger partial charge in [-0.2, -0.15) is 13.2 Å². The normalized spacial score (nSPS) is 13.5. The molecule has 0 spiro atoms. The maximum Gasteiger partial charge on any atom is 0.416 e. The van der Waals surface area contributed by atoms with E-state index in [0.717, 1.165) is 12.1 Å². The fourth-order valence-corrected chi connectivity index (χ4v) is 5.08. The molecule has 5 rings (SSSR count). The number of carbonyl (C=O) groups excluding carboxylic acids is 3. The molecule has 238 valence electrons. The summed E-state index contributed by atoms with van der Waals surface area (Å²) in [5, 5.41) is 8.23. The maximum absolute atomic E-state index is 13.5. The van der Waals surface area contributed by atoms with Gasteiger partial charge in [-0.1, -0.05) is 36.4 Å². The summed E-state index contributed by atoms with van der Waals surface area (Å²) in [7, 11) is 0. The number of amides is 4. The Bertz CT molecular complexity index is 1700. The van der Waals surface area contributed by atoms with Crippen molar-refractivity contribution < 1.29 is 31.9 Å². The molecule has 1 saturated heterocycles. The van der Waals surface area contributed by atoms with Crippen molar-refractivity contribution in [2.24, 2.45) is 0 Å². The monoisotopic (exact) mass is 633 g/mol. The Hall–Kier alpha value is -5.39. The first-order valence-corrected chi connectivity index (χ1v) is 14.6. The summed E-state index contributed by atoms with van der Waals surface area (Å²) in [6.07, 6.45) is -4.01. The highest BCUT2D eigenvalue weighted by atomic mass is 19.4. The van der Waals surface area contributed by atoms with Crippen LogP contribution < -0.4 is 20.9 Å². The van der Waals surface area contributed by atoms with E-state index < -0.39 is 29.5 Å². The number of benzene rings is 4. The molecule has 0 saturated carbocycles. The van der Waals surface area contributed by atoms with E-state index in [-0.39, 0.29) is 30.2 Å². The first kappa shape index (κ1) is 32.0. The van der Waals surface area contributed by atoms with Gasteiger partial charge in [0, 0.05) is 55.3 Å². The number of rotatable bonds is 7. The molecule has 3 N–H and O–H groups in total. The average Bonchev–Trinajstić information content (AvgIpc) is 3.31. The minimum absolute atomic E-state index is 0.0363. The van der Waals surface area contributed by atoms with Crippen LogP contribution in [0.3, 0.4) is 0 Å². The van der Waals surface area contributed by atoms with Crippen molar-refractivity contribution >= 4 is 34.9 Å². The lowest BCUT2D eigenvalue weighted by atomic mass is 10.1. The van der Waals surface area contributed by atoms with Crippen molar-refractivity contribution in [1.29, 1.82) is 0 Å². The molecule has 8 nitrogen and oxygen atoms in total. The zero-order chi connectivity index (χ0) is 32.7. The Kier molecular flexibility index (Phi) is 9.85. The molecular formula is C34H31F4N5O3. The van der Waals surface area contributed by atoms with Gasteiger partial charge in [0.1, 0.15) is 5.82 Å². The fraction of sp³-hybridized carbons (Fsp3) is 0.206. The van der Waals surface area contributed by atoms with E-state index in [2.05, 4.69) is 16.0 Å². The third-order valence-electron chi connectivity index (χ3n) is 7.47. The summed E-state index contributed by atoms with van der Waals surface area (Å²) in [6, 6.07) is 23.3. The molecule has 0 unspecified atom stereocenters. The van der Waals surface area contributed by atoms with E-state index in [0.29, 0.717) is 48.6 Å². The van der Waals surface area contributed by atoms with Crippen molar-refractivity contribution in [3.63, 3.8) is 0 Å². The minimum atomic E-state index is -4.53. The van der Waals surface area contributed by atoms with Gasteiger partial charge < -0.3 is 25.8 Å². The largest absolute Gasteiger partial charge is 0.416 e. The topological polar surface area (TPSA) is 93.8 Å². The summed E-state index contributed by atoms with van der Waals surface area (Å²) in [5.41, 5.74) is 1.59. The van der Waals surface area contributed by atoms with Gasteiger partial charge in [0.15, 0.2) is 0 Å². The standard InChI is InChI=1S/C34H31F4N5O3/c35-26-12-10-23(11-13-26)22-39-32(45)29-21-28(40-31(44)24-6-2-1-3-7-24)14-15-30(29)42-16-5-17-43(19-18-42)33(46)41-27-9-4-8-25(20-27)34(36,37)38/h1-4,6-15,20-21H,5,16-19,22H2,(H,39,45)(H,40,44)(H,41,46). The molecule has 0 atom stereocenters. The van der Waals surface area contributed by atoms with Crippen molar-refractivity contribution in [3.05, 3.63) is 125 Å². The maximum atomic E-state index is 13.5. The van der Waals surface area contributed by atoms with Crippen molar-refractivity contribution in [1.82, 2.24) is 10.2 Å². The summed E-state index contributed by atoms with van der Waals surface area (Å²) in [6.45, 7) is 1.56. The SMILES string of the molecule is O=C(Nc1ccc(N2CCCN(C(=O)Nc3cccc(C(F)(F)F)c3)CC2)c(C(=O)NCc2ccc(F)cc2)c1)c1ccccc1. The third-order valence-corrected chi connectivity index (χ3v) is 7.47. The Balaban J connectivity index is 1.32. The van der Waals surface area contributed by atoms with Gasteiger partial charge >= 0.3 is 12.2 Å². The average molecular weight is 634 g/mol. The van der Waals surface area contributed by atoms with E-state index in [1.54, 1.807) is 60.7 Å². The molecule has 0 bridgehead atoms. The minimum Gasteiger partial charge on any atom is -0.369 e. The van der Waals surface area contributed by atoms with Crippen LogP contribution in [0.25, 0.3) is 0 Å². The highest BCUT2D eigenvalue weighted by molar-refractivity contribution is 6.06.